The summed E-state index contributed by atoms with van der Waals surface area (Å²) < 4.78 is 8.98. The van der Waals surface area contributed by atoms with Crippen LogP contribution in [-0.4, -0.2) is 11.5 Å². The number of para-hydroxylation sites is 2. The molecule has 0 bridgehead atoms. The summed E-state index contributed by atoms with van der Waals surface area (Å²) in [5.74, 6) is 0.872. The topological polar surface area (TPSA) is 31.2 Å². The molecule has 0 fully saturated rings. The highest BCUT2D eigenvalue weighted by Crippen LogP contribution is 2.38. The molecule has 5 aromatic carbocycles. The minimum atomic E-state index is -0.289. The minimum Gasteiger partial charge on any atom is -0.551 e. The Morgan fingerprint density at radius 2 is 1.43 bits per heavy atom. The smallest absolute Gasteiger partial charge is 0.431 e. The summed E-state index contributed by atoms with van der Waals surface area (Å²) in [7, 11) is 0. The Bertz CT molecular complexity index is 1910. The molecule has 0 aliphatic carbocycles. The summed E-state index contributed by atoms with van der Waals surface area (Å²) in [4.78, 5) is 13.8. The molecule has 4 heteroatoms. The Morgan fingerprint density at radius 3 is 2.34 bits per heavy atom. The summed E-state index contributed by atoms with van der Waals surface area (Å²) in [6.07, 6.45) is 0. The van der Waals surface area contributed by atoms with Crippen molar-refractivity contribution in [2.45, 2.75) is 0 Å². The van der Waals surface area contributed by atoms with E-state index in [2.05, 4.69) is 53.1 Å². The highest BCUT2D eigenvalue weighted by Gasteiger charge is 2.40. The molecule has 35 heavy (non-hydrogen) atoms. The van der Waals surface area contributed by atoms with Crippen LogP contribution in [0.5, 0.6) is 5.75 Å². The van der Waals surface area contributed by atoms with E-state index in [0.29, 0.717) is 0 Å². The van der Waals surface area contributed by atoms with Gasteiger partial charge in [0.15, 0.2) is 5.43 Å². The number of hydrogen-bond donors (Lipinski definition) is 0. The Hall–Kier alpha value is -4.57. The first-order valence-corrected chi connectivity index (χ1v) is 11.9. The van der Waals surface area contributed by atoms with Gasteiger partial charge in [-0.05, 0) is 52.5 Å². The second kappa shape index (κ2) is 6.74. The molecule has 8 rings (SSSR count). The molecule has 1 aromatic heterocycles. The van der Waals surface area contributed by atoms with Crippen molar-refractivity contribution in [1.82, 2.24) is 4.57 Å². The van der Waals surface area contributed by atoms with E-state index >= 15 is 0 Å². The second-order valence-electron chi connectivity index (χ2n) is 9.24. The number of nitrogens with zero attached hydrogens (tertiary/aromatic N) is 1. The second-order valence-corrected chi connectivity index (χ2v) is 9.24. The highest BCUT2D eigenvalue weighted by molar-refractivity contribution is 6.85. The van der Waals surface area contributed by atoms with Crippen molar-refractivity contribution in [1.29, 1.82) is 0 Å². The molecule has 0 saturated carbocycles. The van der Waals surface area contributed by atoms with E-state index < -0.39 is 0 Å². The lowest BCUT2D eigenvalue weighted by molar-refractivity contribution is 0.590. The molecule has 0 saturated heterocycles. The fourth-order valence-corrected chi connectivity index (χ4v) is 5.91. The maximum Gasteiger partial charge on any atom is 0.431 e. The minimum absolute atomic E-state index is 0.0571. The zero-order valence-electron chi connectivity index (χ0n) is 18.7. The fraction of sp³-hybridized carbons (Fsp3) is 0. The average Bonchev–Trinajstić information content (AvgIpc) is 2.93. The van der Waals surface area contributed by atoms with Gasteiger partial charge < -0.3 is 9.22 Å². The molecule has 2 aliphatic heterocycles. The molecular formula is C31H18BNO2. The maximum absolute atomic E-state index is 13.8. The van der Waals surface area contributed by atoms with Crippen molar-refractivity contribution in [3.8, 4) is 33.7 Å². The van der Waals surface area contributed by atoms with Crippen LogP contribution in [0.1, 0.15) is 0 Å². The van der Waals surface area contributed by atoms with Gasteiger partial charge in [-0.15, -0.1) is 0 Å². The third kappa shape index (κ3) is 2.43. The highest BCUT2D eigenvalue weighted by atomic mass is 16.4. The Morgan fingerprint density at radius 1 is 0.657 bits per heavy atom. The number of pyridine rings is 1. The lowest BCUT2D eigenvalue weighted by Crippen LogP contribution is -2.55. The Kier molecular flexibility index (Phi) is 3.62. The van der Waals surface area contributed by atoms with Gasteiger partial charge in [-0.3, -0.25) is 4.79 Å². The molecule has 0 radical (unpaired) electrons. The predicted octanol–water partition coefficient (Wildman–Crippen LogP) is 5.29. The van der Waals surface area contributed by atoms with Crippen molar-refractivity contribution in [3.05, 3.63) is 119 Å². The first-order valence-electron chi connectivity index (χ1n) is 11.9. The van der Waals surface area contributed by atoms with Crippen LogP contribution in [0.3, 0.4) is 0 Å². The van der Waals surface area contributed by atoms with Crippen molar-refractivity contribution in [2.75, 3.05) is 0 Å². The zero-order chi connectivity index (χ0) is 23.1. The predicted molar refractivity (Wildman–Crippen MR) is 144 cm³/mol. The number of hydrogen-bond acceptors (Lipinski definition) is 2. The van der Waals surface area contributed by atoms with Crippen LogP contribution in [0.25, 0.3) is 49.7 Å². The Balaban J connectivity index is 1.60. The van der Waals surface area contributed by atoms with E-state index in [1.165, 1.54) is 5.56 Å². The maximum atomic E-state index is 13.8. The van der Waals surface area contributed by atoms with Gasteiger partial charge in [-0.25, -0.2) is 0 Å². The summed E-state index contributed by atoms with van der Waals surface area (Å²) in [6, 6.07) is 37.1. The van der Waals surface area contributed by atoms with Crippen LogP contribution in [0.2, 0.25) is 0 Å². The van der Waals surface area contributed by atoms with Gasteiger partial charge in [0.25, 0.3) is 0 Å². The van der Waals surface area contributed by atoms with Gasteiger partial charge in [-0.1, -0.05) is 78.9 Å². The van der Waals surface area contributed by atoms with E-state index in [9.17, 15) is 4.79 Å². The number of rotatable bonds is 1. The molecular weight excluding hydrogens is 429 g/mol. The average molecular weight is 447 g/mol. The van der Waals surface area contributed by atoms with Crippen LogP contribution in [0.15, 0.2) is 114 Å². The summed E-state index contributed by atoms with van der Waals surface area (Å²) >= 11 is 0. The van der Waals surface area contributed by atoms with Crippen LogP contribution >= 0.6 is 0 Å². The van der Waals surface area contributed by atoms with Crippen LogP contribution < -0.4 is 21.0 Å². The lowest BCUT2D eigenvalue weighted by atomic mass is 9.50. The van der Waals surface area contributed by atoms with Crippen LogP contribution in [0, 0.1) is 0 Å². The SMILES string of the molecule is O=c1c2ccccc2n2c3c(cc(-c4ccccc4)cc13)B1Oc3ccccc3-c3cccc-2c31. The molecule has 2 aliphatic rings. The van der Waals surface area contributed by atoms with E-state index in [1.54, 1.807) is 0 Å². The summed E-state index contributed by atoms with van der Waals surface area (Å²) in [5, 5.41) is 1.45. The largest absolute Gasteiger partial charge is 0.551 e. The lowest BCUT2D eigenvalue weighted by Gasteiger charge is -2.34. The van der Waals surface area contributed by atoms with Gasteiger partial charge >= 0.3 is 6.92 Å². The Labute approximate surface area is 202 Å². The van der Waals surface area contributed by atoms with Gasteiger partial charge in [0.05, 0.1) is 11.0 Å². The monoisotopic (exact) mass is 447 g/mol. The van der Waals surface area contributed by atoms with Gasteiger partial charge in [0.2, 0.25) is 0 Å². The quantitative estimate of drug-likeness (QED) is 0.253. The molecule has 3 nitrogen and oxygen atoms in total. The number of benzene rings is 5. The molecule has 162 valence electrons. The normalized spacial score (nSPS) is 12.9. The first kappa shape index (κ1) is 18.8. The molecule has 3 heterocycles. The zero-order valence-corrected chi connectivity index (χ0v) is 18.7. The molecule has 0 atom stereocenters. The molecule has 0 unspecified atom stereocenters. The standard InChI is InChI=1S/C31H18BNO2/c34-31-23-12-4-6-14-26(23)33-27-15-8-13-22-21-11-5-7-16-28(21)35-32(29(22)27)25-18-20(17-24(31)30(25)33)19-9-2-1-3-10-19/h1-18H. The van der Waals surface area contributed by atoms with Crippen molar-refractivity contribution in [2.24, 2.45) is 0 Å². The number of aromatic nitrogens is 1. The van der Waals surface area contributed by atoms with Crippen molar-refractivity contribution >= 4 is 39.6 Å². The molecule has 0 amide bonds. The van der Waals surface area contributed by atoms with E-state index in [-0.39, 0.29) is 12.3 Å². The van der Waals surface area contributed by atoms with Crippen molar-refractivity contribution in [3.63, 3.8) is 0 Å². The van der Waals surface area contributed by atoms with Crippen molar-refractivity contribution < 1.29 is 4.65 Å². The summed E-state index contributed by atoms with van der Waals surface area (Å²) in [6.45, 7) is -0.289. The van der Waals surface area contributed by atoms with E-state index in [0.717, 1.165) is 60.9 Å². The van der Waals surface area contributed by atoms with Gasteiger partial charge in [-0.2, -0.15) is 0 Å². The molecule has 0 spiro atoms. The van der Waals surface area contributed by atoms with E-state index in [1.807, 2.05) is 60.7 Å². The molecule has 0 N–H and O–H groups in total. The van der Waals surface area contributed by atoms with Crippen LogP contribution in [-0.2, 0) is 0 Å². The first-order chi connectivity index (χ1) is 17.3. The number of fused-ring (bicyclic) bond motifs is 6. The van der Waals surface area contributed by atoms with Gasteiger partial charge in [0.1, 0.15) is 5.75 Å². The fourth-order valence-electron chi connectivity index (χ4n) is 5.91. The molecule has 6 aromatic rings. The van der Waals surface area contributed by atoms with Crippen LogP contribution in [0.4, 0.5) is 0 Å². The third-order valence-corrected chi connectivity index (χ3v) is 7.40. The van der Waals surface area contributed by atoms with E-state index in [4.69, 9.17) is 4.65 Å². The summed E-state index contributed by atoms with van der Waals surface area (Å²) in [5.41, 5.74) is 9.55. The third-order valence-electron chi connectivity index (χ3n) is 7.40. The van der Waals surface area contributed by atoms with Gasteiger partial charge in [0, 0.05) is 27.5 Å².